The van der Waals surface area contributed by atoms with Crippen molar-refractivity contribution in [3.8, 4) is 0 Å². The van der Waals surface area contributed by atoms with Crippen LogP contribution in [-0.4, -0.2) is 17.9 Å². The molecule has 0 bridgehead atoms. The fourth-order valence-corrected chi connectivity index (χ4v) is 1.78. The third kappa shape index (κ3) is 5.57. The molecule has 0 aliphatic carbocycles. The Hall–Kier alpha value is -0.830. The molecule has 0 spiro atoms. The van der Waals surface area contributed by atoms with Crippen LogP contribution in [0.1, 0.15) is 45.4 Å². The Morgan fingerprint density at radius 1 is 1.47 bits per heavy atom. The third-order valence-electron chi connectivity index (χ3n) is 2.65. The molecule has 3 nitrogen and oxygen atoms in total. The molecule has 1 aliphatic heterocycles. The summed E-state index contributed by atoms with van der Waals surface area (Å²) in [5, 5.41) is 0. The number of aliphatic imine (C=N–C) groups is 1. The number of hydrogen-bond acceptors (Lipinski definition) is 3. The Morgan fingerprint density at radius 3 is 3.00 bits per heavy atom. The smallest absolute Gasteiger partial charge is 0.0940 e. The SMILES string of the molecule is CC(N)C/C=C\CC1CCCCC(N)=N1. The zero-order valence-electron chi connectivity index (χ0n) is 9.65. The maximum atomic E-state index is 5.78. The fraction of sp³-hybridized carbons (Fsp3) is 0.750. The van der Waals surface area contributed by atoms with E-state index in [0.29, 0.717) is 6.04 Å². The van der Waals surface area contributed by atoms with Gasteiger partial charge in [-0.25, -0.2) is 0 Å². The van der Waals surface area contributed by atoms with Crippen LogP contribution in [-0.2, 0) is 0 Å². The van der Waals surface area contributed by atoms with Crippen LogP contribution in [0.5, 0.6) is 0 Å². The number of hydrogen-bond donors (Lipinski definition) is 2. The summed E-state index contributed by atoms with van der Waals surface area (Å²) in [6.07, 6.45) is 10.9. The summed E-state index contributed by atoms with van der Waals surface area (Å²) in [6, 6.07) is 0.654. The highest BCUT2D eigenvalue weighted by Gasteiger charge is 2.09. The largest absolute Gasteiger partial charge is 0.387 e. The molecule has 3 heteroatoms. The lowest BCUT2D eigenvalue weighted by Gasteiger charge is -2.07. The standard InChI is InChI=1S/C12H23N3/c1-10(13)6-2-3-7-11-8-4-5-9-12(14)15-11/h2-3,10-11H,4-9,13H2,1H3,(H2,14,15)/b3-2-. The molecule has 2 atom stereocenters. The van der Waals surface area contributed by atoms with Crippen LogP contribution in [0.3, 0.4) is 0 Å². The lowest BCUT2D eigenvalue weighted by molar-refractivity contribution is 0.595. The van der Waals surface area contributed by atoms with E-state index in [1.165, 1.54) is 19.3 Å². The number of rotatable bonds is 4. The molecule has 15 heavy (non-hydrogen) atoms. The summed E-state index contributed by atoms with van der Waals surface area (Å²) in [5.74, 6) is 0.832. The minimum absolute atomic E-state index is 0.254. The molecule has 2 unspecified atom stereocenters. The summed E-state index contributed by atoms with van der Waals surface area (Å²) in [4.78, 5) is 4.50. The van der Waals surface area contributed by atoms with E-state index in [2.05, 4.69) is 17.1 Å². The van der Waals surface area contributed by atoms with Crippen LogP contribution in [0.4, 0.5) is 0 Å². The van der Waals surface area contributed by atoms with Gasteiger partial charge in [0.1, 0.15) is 0 Å². The van der Waals surface area contributed by atoms with E-state index < -0.39 is 0 Å². The van der Waals surface area contributed by atoms with Gasteiger partial charge in [0.2, 0.25) is 0 Å². The maximum Gasteiger partial charge on any atom is 0.0940 e. The van der Waals surface area contributed by atoms with Crippen molar-refractivity contribution >= 4 is 5.84 Å². The molecule has 0 fully saturated rings. The Bertz CT molecular complexity index is 231. The zero-order chi connectivity index (χ0) is 11.1. The van der Waals surface area contributed by atoms with Crippen LogP contribution < -0.4 is 11.5 Å². The lowest BCUT2D eigenvalue weighted by Crippen LogP contribution is -2.14. The zero-order valence-corrected chi connectivity index (χ0v) is 9.65. The van der Waals surface area contributed by atoms with Crippen molar-refractivity contribution < 1.29 is 0 Å². The van der Waals surface area contributed by atoms with E-state index in [-0.39, 0.29) is 6.04 Å². The minimum atomic E-state index is 0.254. The van der Waals surface area contributed by atoms with Crippen molar-refractivity contribution in [1.29, 1.82) is 0 Å². The first kappa shape index (κ1) is 12.2. The Balaban J connectivity index is 2.30. The highest BCUT2D eigenvalue weighted by molar-refractivity contribution is 5.80. The average molecular weight is 209 g/mol. The van der Waals surface area contributed by atoms with Gasteiger partial charge in [-0.05, 0) is 32.6 Å². The van der Waals surface area contributed by atoms with Gasteiger partial charge >= 0.3 is 0 Å². The van der Waals surface area contributed by atoms with Crippen molar-refractivity contribution in [2.75, 3.05) is 0 Å². The molecule has 0 aromatic carbocycles. The monoisotopic (exact) mass is 209 g/mol. The van der Waals surface area contributed by atoms with Crippen molar-refractivity contribution in [2.45, 2.75) is 57.5 Å². The van der Waals surface area contributed by atoms with Crippen molar-refractivity contribution in [3.63, 3.8) is 0 Å². The van der Waals surface area contributed by atoms with E-state index in [1.54, 1.807) is 0 Å². The van der Waals surface area contributed by atoms with E-state index in [9.17, 15) is 0 Å². The molecule has 0 radical (unpaired) electrons. The second-order valence-corrected chi connectivity index (χ2v) is 4.44. The molecule has 1 rings (SSSR count). The van der Waals surface area contributed by atoms with E-state index in [1.807, 2.05) is 6.92 Å². The average Bonchev–Trinajstić information content (AvgIpc) is 2.37. The van der Waals surface area contributed by atoms with Gasteiger partial charge in [0.15, 0.2) is 0 Å². The quantitative estimate of drug-likeness (QED) is 0.695. The van der Waals surface area contributed by atoms with E-state index in [4.69, 9.17) is 11.5 Å². The van der Waals surface area contributed by atoms with Gasteiger partial charge in [0.05, 0.1) is 11.9 Å². The first-order valence-electron chi connectivity index (χ1n) is 5.91. The van der Waals surface area contributed by atoms with E-state index >= 15 is 0 Å². The van der Waals surface area contributed by atoms with Crippen LogP contribution in [0, 0.1) is 0 Å². The van der Waals surface area contributed by atoms with Gasteiger partial charge in [-0.1, -0.05) is 18.6 Å². The summed E-state index contributed by atoms with van der Waals surface area (Å²) in [7, 11) is 0. The molecule has 4 N–H and O–H groups in total. The van der Waals surface area contributed by atoms with Crippen LogP contribution in [0.25, 0.3) is 0 Å². The fourth-order valence-electron chi connectivity index (χ4n) is 1.78. The van der Waals surface area contributed by atoms with Gasteiger partial charge in [-0.3, -0.25) is 4.99 Å². The number of nitrogens with zero attached hydrogens (tertiary/aromatic N) is 1. The second-order valence-electron chi connectivity index (χ2n) is 4.44. The van der Waals surface area contributed by atoms with Crippen LogP contribution >= 0.6 is 0 Å². The highest BCUT2D eigenvalue weighted by atomic mass is 14.9. The molecule has 0 saturated carbocycles. The van der Waals surface area contributed by atoms with Gasteiger partial charge in [-0.15, -0.1) is 0 Å². The summed E-state index contributed by atoms with van der Waals surface area (Å²) >= 11 is 0. The Morgan fingerprint density at radius 2 is 2.27 bits per heavy atom. The maximum absolute atomic E-state index is 5.78. The van der Waals surface area contributed by atoms with Gasteiger partial charge in [0, 0.05) is 12.5 Å². The summed E-state index contributed by atoms with van der Waals surface area (Å²) in [5.41, 5.74) is 11.4. The normalized spacial score (nSPS) is 24.9. The van der Waals surface area contributed by atoms with E-state index in [0.717, 1.165) is 25.1 Å². The van der Waals surface area contributed by atoms with Gasteiger partial charge in [0.25, 0.3) is 0 Å². The first-order chi connectivity index (χ1) is 7.18. The topological polar surface area (TPSA) is 64.4 Å². The van der Waals surface area contributed by atoms with Gasteiger partial charge in [-0.2, -0.15) is 0 Å². The molecule has 86 valence electrons. The van der Waals surface area contributed by atoms with Gasteiger partial charge < -0.3 is 11.5 Å². The van der Waals surface area contributed by atoms with Crippen LogP contribution in [0.2, 0.25) is 0 Å². The number of amidine groups is 1. The molecule has 1 heterocycles. The highest BCUT2D eigenvalue weighted by Crippen LogP contribution is 2.15. The molecular formula is C12H23N3. The van der Waals surface area contributed by atoms with Crippen molar-refractivity contribution in [1.82, 2.24) is 0 Å². The summed E-state index contributed by atoms with van der Waals surface area (Å²) in [6.45, 7) is 2.02. The molecule has 0 aromatic heterocycles. The van der Waals surface area contributed by atoms with Crippen molar-refractivity contribution in [3.05, 3.63) is 12.2 Å². The predicted molar refractivity (Wildman–Crippen MR) is 65.9 cm³/mol. The molecular weight excluding hydrogens is 186 g/mol. The van der Waals surface area contributed by atoms with Crippen LogP contribution in [0.15, 0.2) is 17.1 Å². The molecule has 0 saturated heterocycles. The minimum Gasteiger partial charge on any atom is -0.387 e. The Labute approximate surface area is 92.6 Å². The lowest BCUT2D eigenvalue weighted by atomic mass is 10.1. The number of nitrogens with two attached hydrogens (primary N) is 2. The van der Waals surface area contributed by atoms with Crippen molar-refractivity contribution in [2.24, 2.45) is 16.5 Å². The third-order valence-corrected chi connectivity index (χ3v) is 2.65. The predicted octanol–water partition coefficient (Wildman–Crippen LogP) is 1.97. The molecule has 1 aliphatic rings. The Kier molecular flexibility index (Phi) is 5.40. The molecule has 0 aromatic rings. The molecule has 0 amide bonds. The first-order valence-corrected chi connectivity index (χ1v) is 5.91. The second kappa shape index (κ2) is 6.62. The summed E-state index contributed by atoms with van der Waals surface area (Å²) < 4.78 is 0.